The standard InChI is InChI=1S/C29H33BrN2O5/c1-5-14-36-25-13-12-23(17-26(25)34-6-2)29(33)32-31-18-22-15-24(30)28(27(16-22)35-7-3)37-19-21-10-8-20(4)9-11-21/h8-13,15-18H,5-7,14,19H2,1-4H3,(H,32,33)/b31-18+. The molecule has 0 atom stereocenters. The number of hydrogen-bond acceptors (Lipinski definition) is 6. The molecule has 0 aromatic heterocycles. The fourth-order valence-corrected chi connectivity index (χ4v) is 3.96. The summed E-state index contributed by atoms with van der Waals surface area (Å²) >= 11 is 3.58. The van der Waals surface area contributed by atoms with Gasteiger partial charge in [0.2, 0.25) is 0 Å². The monoisotopic (exact) mass is 568 g/mol. The van der Waals surface area contributed by atoms with Crippen LogP contribution in [0.25, 0.3) is 0 Å². The number of halogens is 1. The number of hydrazone groups is 1. The molecule has 0 unspecified atom stereocenters. The molecule has 0 saturated carbocycles. The molecule has 8 heteroatoms. The molecule has 0 heterocycles. The number of aryl methyl sites for hydroxylation is 1. The summed E-state index contributed by atoms with van der Waals surface area (Å²) in [4.78, 5) is 12.7. The topological polar surface area (TPSA) is 78.4 Å². The Hall–Kier alpha value is -3.52. The Morgan fingerprint density at radius 1 is 0.892 bits per heavy atom. The fourth-order valence-electron chi connectivity index (χ4n) is 3.38. The third kappa shape index (κ3) is 8.25. The van der Waals surface area contributed by atoms with Gasteiger partial charge in [0.05, 0.1) is 30.5 Å². The molecule has 3 aromatic carbocycles. The molecule has 0 bridgehead atoms. The van der Waals surface area contributed by atoms with Gasteiger partial charge in [0.1, 0.15) is 6.61 Å². The Balaban J connectivity index is 1.70. The number of benzene rings is 3. The van der Waals surface area contributed by atoms with Crippen molar-refractivity contribution < 1.29 is 23.7 Å². The summed E-state index contributed by atoms with van der Waals surface area (Å²) in [6.45, 7) is 9.80. The molecule has 0 fully saturated rings. The van der Waals surface area contributed by atoms with Crippen LogP contribution in [0.5, 0.6) is 23.0 Å². The van der Waals surface area contributed by atoms with Crippen LogP contribution in [-0.2, 0) is 6.61 Å². The fraction of sp³-hybridized carbons (Fsp3) is 0.310. The van der Waals surface area contributed by atoms with Crippen molar-refractivity contribution in [3.05, 3.63) is 81.3 Å². The van der Waals surface area contributed by atoms with Crippen LogP contribution >= 0.6 is 15.9 Å². The molecule has 37 heavy (non-hydrogen) atoms. The number of nitrogens with zero attached hydrogens (tertiary/aromatic N) is 1. The second-order valence-corrected chi connectivity index (χ2v) is 9.03. The van der Waals surface area contributed by atoms with Gasteiger partial charge in [0.25, 0.3) is 5.91 Å². The number of ether oxygens (including phenoxy) is 4. The van der Waals surface area contributed by atoms with Crippen molar-refractivity contribution >= 4 is 28.1 Å². The molecule has 0 aliphatic carbocycles. The van der Waals surface area contributed by atoms with Crippen molar-refractivity contribution in [1.82, 2.24) is 5.43 Å². The lowest BCUT2D eigenvalue weighted by atomic mass is 10.1. The molecule has 0 saturated heterocycles. The molecule has 3 rings (SSSR count). The molecule has 1 amide bonds. The molecular formula is C29H33BrN2O5. The van der Waals surface area contributed by atoms with E-state index in [2.05, 4.69) is 45.5 Å². The summed E-state index contributed by atoms with van der Waals surface area (Å²) < 4.78 is 23.9. The second-order valence-electron chi connectivity index (χ2n) is 8.18. The van der Waals surface area contributed by atoms with E-state index in [0.29, 0.717) is 55.0 Å². The molecule has 1 N–H and O–H groups in total. The molecule has 196 valence electrons. The van der Waals surface area contributed by atoms with Crippen LogP contribution in [0.2, 0.25) is 0 Å². The van der Waals surface area contributed by atoms with Gasteiger partial charge in [-0.1, -0.05) is 36.8 Å². The molecule has 0 spiro atoms. The van der Waals surface area contributed by atoms with Crippen molar-refractivity contribution in [3.8, 4) is 23.0 Å². The Bertz CT molecular complexity index is 1210. The molecule has 7 nitrogen and oxygen atoms in total. The molecule has 0 aliphatic rings. The van der Waals surface area contributed by atoms with E-state index in [1.54, 1.807) is 24.4 Å². The van der Waals surface area contributed by atoms with Crippen LogP contribution in [0.15, 0.2) is 64.2 Å². The second kappa shape index (κ2) is 14.3. The average Bonchev–Trinajstić information content (AvgIpc) is 2.88. The van der Waals surface area contributed by atoms with Crippen molar-refractivity contribution in [2.75, 3.05) is 19.8 Å². The van der Waals surface area contributed by atoms with E-state index in [9.17, 15) is 4.79 Å². The number of rotatable bonds is 13. The van der Waals surface area contributed by atoms with Crippen molar-refractivity contribution in [3.63, 3.8) is 0 Å². The van der Waals surface area contributed by atoms with Crippen LogP contribution in [0.3, 0.4) is 0 Å². The van der Waals surface area contributed by atoms with Crippen LogP contribution in [0.1, 0.15) is 54.2 Å². The van der Waals surface area contributed by atoms with E-state index < -0.39 is 0 Å². The van der Waals surface area contributed by atoms with E-state index in [1.165, 1.54) is 5.56 Å². The van der Waals surface area contributed by atoms with Crippen molar-refractivity contribution in [2.24, 2.45) is 5.10 Å². The van der Waals surface area contributed by atoms with Crippen LogP contribution in [0.4, 0.5) is 0 Å². The zero-order valence-corrected chi connectivity index (χ0v) is 23.3. The quantitative estimate of drug-likeness (QED) is 0.183. The molecule has 3 aromatic rings. The zero-order valence-electron chi connectivity index (χ0n) is 21.7. The smallest absolute Gasteiger partial charge is 0.271 e. The highest BCUT2D eigenvalue weighted by atomic mass is 79.9. The highest BCUT2D eigenvalue weighted by Gasteiger charge is 2.14. The van der Waals surface area contributed by atoms with Gasteiger partial charge in [-0.05, 0) is 84.6 Å². The summed E-state index contributed by atoms with van der Waals surface area (Å²) in [6, 6.07) is 16.9. The lowest BCUT2D eigenvalue weighted by Gasteiger charge is -2.15. The Morgan fingerprint density at radius 3 is 2.32 bits per heavy atom. The summed E-state index contributed by atoms with van der Waals surface area (Å²) in [5.41, 5.74) is 5.97. The first-order chi connectivity index (χ1) is 17.9. The van der Waals surface area contributed by atoms with E-state index in [0.717, 1.165) is 22.0 Å². The maximum absolute atomic E-state index is 12.7. The third-order valence-electron chi connectivity index (χ3n) is 5.18. The third-order valence-corrected chi connectivity index (χ3v) is 5.77. The first-order valence-electron chi connectivity index (χ1n) is 12.3. The number of hydrogen-bond donors (Lipinski definition) is 1. The summed E-state index contributed by atoms with van der Waals surface area (Å²) in [7, 11) is 0. The Morgan fingerprint density at radius 2 is 1.62 bits per heavy atom. The molecule has 0 radical (unpaired) electrons. The first-order valence-corrected chi connectivity index (χ1v) is 13.1. The minimum absolute atomic E-state index is 0.360. The number of amides is 1. The highest BCUT2D eigenvalue weighted by molar-refractivity contribution is 9.10. The SMILES string of the molecule is CCCOc1ccc(C(=O)N/N=C/c2cc(Br)c(OCc3ccc(C)cc3)c(OCC)c2)cc1OCC. The van der Waals surface area contributed by atoms with Crippen LogP contribution in [0, 0.1) is 6.92 Å². The van der Waals surface area contributed by atoms with Gasteiger partial charge in [-0.25, -0.2) is 5.43 Å². The van der Waals surface area contributed by atoms with Crippen LogP contribution in [-0.4, -0.2) is 31.9 Å². The predicted molar refractivity (Wildman–Crippen MR) is 149 cm³/mol. The number of carbonyl (C=O) groups excluding carboxylic acids is 1. The Labute approximate surface area is 226 Å². The van der Waals surface area contributed by atoms with Crippen molar-refractivity contribution in [2.45, 2.75) is 40.7 Å². The first kappa shape index (κ1) is 28.1. The molecule has 0 aliphatic heterocycles. The maximum Gasteiger partial charge on any atom is 0.271 e. The van der Waals surface area contributed by atoms with Gasteiger partial charge in [-0.2, -0.15) is 5.10 Å². The van der Waals surface area contributed by atoms with Gasteiger partial charge < -0.3 is 18.9 Å². The van der Waals surface area contributed by atoms with Gasteiger partial charge >= 0.3 is 0 Å². The van der Waals surface area contributed by atoms with Gasteiger partial charge in [0, 0.05) is 5.56 Å². The maximum atomic E-state index is 12.7. The highest BCUT2D eigenvalue weighted by Crippen LogP contribution is 2.37. The van der Waals surface area contributed by atoms with E-state index in [4.69, 9.17) is 18.9 Å². The number of carbonyl (C=O) groups is 1. The average molecular weight is 569 g/mol. The largest absolute Gasteiger partial charge is 0.490 e. The lowest BCUT2D eigenvalue weighted by molar-refractivity contribution is 0.0954. The molecular weight excluding hydrogens is 536 g/mol. The summed E-state index contributed by atoms with van der Waals surface area (Å²) in [5, 5.41) is 4.13. The minimum Gasteiger partial charge on any atom is -0.490 e. The van der Waals surface area contributed by atoms with Crippen molar-refractivity contribution in [1.29, 1.82) is 0 Å². The van der Waals surface area contributed by atoms with Gasteiger partial charge in [0.15, 0.2) is 23.0 Å². The summed E-state index contributed by atoms with van der Waals surface area (Å²) in [6.07, 6.45) is 2.43. The summed E-state index contributed by atoms with van der Waals surface area (Å²) in [5.74, 6) is 1.97. The predicted octanol–water partition coefficient (Wildman–Crippen LogP) is 6.69. The van der Waals surface area contributed by atoms with E-state index >= 15 is 0 Å². The minimum atomic E-state index is -0.360. The van der Waals surface area contributed by atoms with Gasteiger partial charge in [-0.15, -0.1) is 0 Å². The van der Waals surface area contributed by atoms with E-state index in [1.807, 2.05) is 45.0 Å². The normalized spacial score (nSPS) is 10.8. The lowest BCUT2D eigenvalue weighted by Crippen LogP contribution is -2.17. The van der Waals surface area contributed by atoms with Crippen LogP contribution < -0.4 is 24.4 Å². The zero-order chi connectivity index (χ0) is 26.6. The van der Waals surface area contributed by atoms with Gasteiger partial charge in [-0.3, -0.25) is 4.79 Å². The number of nitrogens with one attached hydrogen (secondary N) is 1. The van der Waals surface area contributed by atoms with E-state index in [-0.39, 0.29) is 5.91 Å². The Kier molecular flexibility index (Phi) is 10.8.